The Labute approximate surface area is 210 Å². The smallest absolute Gasteiger partial charge is 0.339 e. The number of aromatic nitrogens is 3. The largest absolute Gasteiger partial charge is 0.494 e. The number of carbonyl (C=O) groups excluding carboxylic acids is 1. The van der Waals surface area contributed by atoms with E-state index in [1.165, 1.54) is 7.11 Å². The Bertz CT molecular complexity index is 1380. The zero-order chi connectivity index (χ0) is 25.8. The molecule has 4 N–H and O–H groups in total. The van der Waals surface area contributed by atoms with Crippen LogP contribution in [0.3, 0.4) is 0 Å². The summed E-state index contributed by atoms with van der Waals surface area (Å²) in [7, 11) is 9.05. The SMILES string of the molecule is COC(=O)c1cccc2c(-c3ccnc(Nc4cc(N)c(N(C)CCN(C)C)cc4OC)n3)c[nH]c12. The van der Waals surface area contributed by atoms with E-state index in [2.05, 4.69) is 25.1 Å². The van der Waals surface area contributed by atoms with Crippen LogP contribution in [0.15, 0.2) is 48.8 Å². The van der Waals surface area contributed by atoms with Crippen molar-refractivity contribution in [3.8, 4) is 17.0 Å². The van der Waals surface area contributed by atoms with Crippen molar-refractivity contribution in [2.45, 2.75) is 0 Å². The number of carbonyl (C=O) groups is 1. The number of rotatable bonds is 9. The van der Waals surface area contributed by atoms with Crippen LogP contribution in [-0.2, 0) is 4.74 Å². The van der Waals surface area contributed by atoms with Gasteiger partial charge in [-0.1, -0.05) is 12.1 Å². The summed E-state index contributed by atoms with van der Waals surface area (Å²) in [6, 6.07) is 11.0. The van der Waals surface area contributed by atoms with E-state index in [-0.39, 0.29) is 0 Å². The van der Waals surface area contributed by atoms with Gasteiger partial charge in [-0.15, -0.1) is 0 Å². The molecule has 10 heteroatoms. The molecule has 4 aromatic rings. The summed E-state index contributed by atoms with van der Waals surface area (Å²) in [6.45, 7) is 1.72. The van der Waals surface area contributed by atoms with Crippen molar-refractivity contribution >= 4 is 39.9 Å². The molecule has 0 saturated heterocycles. The Morgan fingerprint density at radius 1 is 1.14 bits per heavy atom. The molecule has 2 aromatic heterocycles. The molecule has 0 aliphatic rings. The number of aromatic amines is 1. The lowest BCUT2D eigenvalue weighted by atomic mass is 10.1. The summed E-state index contributed by atoms with van der Waals surface area (Å²) in [4.78, 5) is 28.6. The van der Waals surface area contributed by atoms with E-state index in [0.717, 1.165) is 29.7 Å². The molecule has 0 aliphatic heterocycles. The number of benzene rings is 2. The molecular formula is C26H31N7O3. The maximum absolute atomic E-state index is 12.1. The fourth-order valence-corrected chi connectivity index (χ4v) is 3.99. The van der Waals surface area contributed by atoms with Crippen LogP contribution in [0.5, 0.6) is 5.75 Å². The predicted molar refractivity (Wildman–Crippen MR) is 143 cm³/mol. The van der Waals surface area contributed by atoms with Crippen LogP contribution in [0.1, 0.15) is 10.4 Å². The number of para-hydroxylation sites is 1. The van der Waals surface area contributed by atoms with Crippen molar-refractivity contribution in [2.24, 2.45) is 0 Å². The lowest BCUT2D eigenvalue weighted by molar-refractivity contribution is 0.0603. The molecule has 0 radical (unpaired) electrons. The molecule has 0 fully saturated rings. The molecule has 0 amide bonds. The highest BCUT2D eigenvalue weighted by atomic mass is 16.5. The minimum atomic E-state index is -0.403. The van der Waals surface area contributed by atoms with Gasteiger partial charge in [0.05, 0.1) is 48.1 Å². The zero-order valence-corrected chi connectivity index (χ0v) is 21.1. The number of likely N-dealkylation sites (N-methyl/N-ethyl adjacent to an activating group) is 2. The van der Waals surface area contributed by atoms with E-state index < -0.39 is 5.97 Å². The summed E-state index contributed by atoms with van der Waals surface area (Å²) < 4.78 is 10.5. The number of nitrogens with zero attached hydrogens (tertiary/aromatic N) is 4. The molecule has 2 aromatic carbocycles. The van der Waals surface area contributed by atoms with Crippen LogP contribution >= 0.6 is 0 Å². The van der Waals surface area contributed by atoms with Gasteiger partial charge in [-0.05, 0) is 32.3 Å². The second-order valence-electron chi connectivity index (χ2n) is 8.65. The monoisotopic (exact) mass is 489 g/mol. The number of H-pyrrole nitrogens is 1. The molecule has 0 saturated carbocycles. The average molecular weight is 490 g/mol. The standard InChI is InChI=1S/C26H31N7O3/c1-32(2)11-12-33(3)22-14-23(35-4)21(13-19(22)27)31-26-28-10-9-20(30-26)18-15-29-24-16(18)7-6-8-17(24)25(34)36-5/h6-10,13-15,29H,11-12,27H2,1-5H3,(H,28,30,31). The number of esters is 1. The third kappa shape index (κ3) is 5.03. The van der Waals surface area contributed by atoms with E-state index >= 15 is 0 Å². The fourth-order valence-electron chi connectivity index (χ4n) is 3.99. The maximum Gasteiger partial charge on any atom is 0.339 e. The first kappa shape index (κ1) is 24.8. The number of methoxy groups -OCH3 is 2. The zero-order valence-electron chi connectivity index (χ0n) is 21.1. The van der Waals surface area contributed by atoms with Crippen LogP contribution in [-0.4, -0.2) is 74.3 Å². The summed E-state index contributed by atoms with van der Waals surface area (Å²) in [6.07, 6.45) is 3.49. The molecule has 0 spiro atoms. The first-order valence-electron chi connectivity index (χ1n) is 11.4. The maximum atomic E-state index is 12.1. The third-order valence-electron chi connectivity index (χ3n) is 5.94. The van der Waals surface area contributed by atoms with Gasteiger partial charge < -0.3 is 35.3 Å². The summed E-state index contributed by atoms with van der Waals surface area (Å²) >= 11 is 0. The van der Waals surface area contributed by atoms with Crippen molar-refractivity contribution < 1.29 is 14.3 Å². The molecule has 10 nitrogen and oxygen atoms in total. The highest BCUT2D eigenvalue weighted by Gasteiger charge is 2.17. The van der Waals surface area contributed by atoms with Crippen LogP contribution in [0.25, 0.3) is 22.2 Å². The third-order valence-corrected chi connectivity index (χ3v) is 5.94. The summed E-state index contributed by atoms with van der Waals surface area (Å²) in [5, 5.41) is 4.09. The number of hydrogen-bond acceptors (Lipinski definition) is 9. The molecule has 0 aliphatic carbocycles. The Balaban J connectivity index is 1.64. The molecule has 188 valence electrons. The minimum absolute atomic E-state index is 0.386. The Hall–Kier alpha value is -4.31. The van der Waals surface area contributed by atoms with E-state index in [9.17, 15) is 4.79 Å². The number of ether oxygens (including phenoxy) is 2. The number of hydrogen-bond donors (Lipinski definition) is 3. The van der Waals surface area contributed by atoms with Crippen molar-refractivity contribution in [1.29, 1.82) is 0 Å². The molecule has 0 atom stereocenters. The lowest BCUT2D eigenvalue weighted by Crippen LogP contribution is -2.29. The fraction of sp³-hybridized carbons (Fsp3) is 0.269. The first-order valence-corrected chi connectivity index (χ1v) is 11.4. The van der Waals surface area contributed by atoms with Gasteiger partial charge in [-0.2, -0.15) is 0 Å². The quantitative estimate of drug-likeness (QED) is 0.238. The van der Waals surface area contributed by atoms with Gasteiger partial charge in [0.25, 0.3) is 0 Å². The highest BCUT2D eigenvalue weighted by Crippen LogP contribution is 2.36. The van der Waals surface area contributed by atoms with Crippen molar-refractivity contribution in [3.05, 3.63) is 54.4 Å². The molecule has 2 heterocycles. The Morgan fingerprint density at radius 2 is 1.94 bits per heavy atom. The van der Waals surface area contributed by atoms with E-state index in [4.69, 9.17) is 20.2 Å². The van der Waals surface area contributed by atoms with E-state index in [0.29, 0.717) is 39.8 Å². The topological polar surface area (TPSA) is 122 Å². The molecule has 0 unspecified atom stereocenters. The molecule has 0 bridgehead atoms. The highest BCUT2D eigenvalue weighted by molar-refractivity contribution is 6.07. The first-order chi connectivity index (χ1) is 17.3. The van der Waals surface area contributed by atoms with Gasteiger partial charge in [0, 0.05) is 49.5 Å². The van der Waals surface area contributed by atoms with Gasteiger partial charge in [-0.3, -0.25) is 0 Å². The van der Waals surface area contributed by atoms with Gasteiger partial charge in [-0.25, -0.2) is 14.8 Å². The van der Waals surface area contributed by atoms with E-state index in [1.54, 1.807) is 19.4 Å². The van der Waals surface area contributed by atoms with Crippen molar-refractivity contribution in [2.75, 3.05) is 64.4 Å². The molecular weight excluding hydrogens is 458 g/mol. The predicted octanol–water partition coefficient (Wildman–Crippen LogP) is 3.74. The van der Waals surface area contributed by atoms with Crippen LogP contribution in [0.2, 0.25) is 0 Å². The number of nitrogens with one attached hydrogen (secondary N) is 2. The lowest BCUT2D eigenvalue weighted by Gasteiger charge is -2.24. The summed E-state index contributed by atoms with van der Waals surface area (Å²) in [5.41, 5.74) is 11.2. The van der Waals surface area contributed by atoms with Crippen LogP contribution < -0.4 is 20.7 Å². The van der Waals surface area contributed by atoms with E-state index in [1.807, 2.05) is 57.7 Å². The van der Waals surface area contributed by atoms with Gasteiger partial charge in [0.1, 0.15) is 5.75 Å². The second kappa shape index (κ2) is 10.5. The number of anilines is 4. The molecule has 4 rings (SSSR count). The van der Waals surface area contributed by atoms with Gasteiger partial charge in [0.2, 0.25) is 5.95 Å². The Kier molecular flexibility index (Phi) is 7.25. The van der Waals surface area contributed by atoms with Crippen molar-refractivity contribution in [3.63, 3.8) is 0 Å². The minimum Gasteiger partial charge on any atom is -0.494 e. The summed E-state index contributed by atoms with van der Waals surface area (Å²) in [5.74, 6) is 0.608. The number of nitrogen functional groups attached to an aromatic ring is 1. The second-order valence-corrected chi connectivity index (χ2v) is 8.65. The molecule has 36 heavy (non-hydrogen) atoms. The average Bonchev–Trinajstić information content (AvgIpc) is 3.31. The van der Waals surface area contributed by atoms with Gasteiger partial charge >= 0.3 is 5.97 Å². The number of nitrogens with two attached hydrogens (primary N) is 1. The Morgan fingerprint density at radius 3 is 2.67 bits per heavy atom. The van der Waals surface area contributed by atoms with Crippen LogP contribution in [0.4, 0.5) is 23.0 Å². The number of fused-ring (bicyclic) bond motifs is 1. The van der Waals surface area contributed by atoms with Crippen LogP contribution in [0, 0.1) is 0 Å². The normalized spacial score (nSPS) is 11.1. The van der Waals surface area contributed by atoms with Crippen molar-refractivity contribution in [1.82, 2.24) is 19.9 Å². The van der Waals surface area contributed by atoms with Gasteiger partial charge in [0.15, 0.2) is 0 Å².